The molecule has 7 aromatic rings. The van der Waals surface area contributed by atoms with E-state index >= 15 is 0 Å². The summed E-state index contributed by atoms with van der Waals surface area (Å²) in [5.74, 6) is 5.32. The van der Waals surface area contributed by atoms with Gasteiger partial charge in [0.05, 0.1) is 11.0 Å². The van der Waals surface area contributed by atoms with Gasteiger partial charge in [0.1, 0.15) is 0 Å². The molecule has 2 heterocycles. The summed E-state index contributed by atoms with van der Waals surface area (Å²) in [6, 6.07) is 43.7. The second kappa shape index (κ2) is 9.48. The monoisotopic (exact) mass is 606 g/mol. The van der Waals surface area contributed by atoms with Crippen molar-refractivity contribution in [3.63, 3.8) is 0 Å². The van der Waals surface area contributed by atoms with Gasteiger partial charge in [0.15, 0.2) is 11.6 Å². The van der Waals surface area contributed by atoms with Gasteiger partial charge in [0.25, 0.3) is 0 Å². The maximum absolute atomic E-state index is 5.19. The molecule has 0 N–H and O–H groups in total. The van der Waals surface area contributed by atoms with Crippen LogP contribution in [-0.4, -0.2) is 19.5 Å². The number of hydrogen-bond donors (Lipinski definition) is 0. The van der Waals surface area contributed by atoms with E-state index in [1.807, 2.05) is 36.4 Å². The number of aromatic nitrogens is 4. The Hall–Kier alpha value is -5.09. The normalized spacial score (nSPS) is 25.1. The van der Waals surface area contributed by atoms with Crippen LogP contribution in [0.2, 0.25) is 0 Å². The third kappa shape index (κ3) is 3.45. The van der Waals surface area contributed by atoms with Gasteiger partial charge in [0, 0.05) is 27.3 Å². The minimum atomic E-state index is 0.130. The van der Waals surface area contributed by atoms with Crippen molar-refractivity contribution in [1.29, 1.82) is 0 Å². The lowest BCUT2D eigenvalue weighted by molar-refractivity contribution is -0.0399. The van der Waals surface area contributed by atoms with Crippen LogP contribution in [-0.2, 0) is 5.41 Å². The van der Waals surface area contributed by atoms with Crippen molar-refractivity contribution >= 4 is 21.8 Å². The SMILES string of the molecule is c1ccc(-c2nc(-c3ccccc3)nc(-n3c4ccccc4c4c5c(ccc43)C3(c4ccccc4-5)C4CC5CC(C4)CC3C5)n2)cc1. The first-order valence-corrected chi connectivity index (χ1v) is 17.3. The summed E-state index contributed by atoms with van der Waals surface area (Å²) in [5.41, 5.74) is 10.4. The number of para-hydroxylation sites is 1. The number of rotatable bonds is 3. The molecule has 47 heavy (non-hydrogen) atoms. The number of nitrogens with zero attached hydrogens (tertiary/aromatic N) is 4. The average molecular weight is 607 g/mol. The van der Waals surface area contributed by atoms with E-state index < -0.39 is 0 Å². The van der Waals surface area contributed by atoms with Gasteiger partial charge in [-0.05, 0) is 90.2 Å². The lowest BCUT2D eigenvalue weighted by atomic mass is 9.43. The van der Waals surface area contributed by atoms with E-state index in [0.717, 1.165) is 45.8 Å². The summed E-state index contributed by atoms with van der Waals surface area (Å²) >= 11 is 0. The molecule has 0 amide bonds. The van der Waals surface area contributed by atoms with Crippen LogP contribution in [0, 0.1) is 23.7 Å². The van der Waals surface area contributed by atoms with Crippen LogP contribution in [0.1, 0.15) is 43.2 Å². The Labute approximate surface area is 274 Å². The van der Waals surface area contributed by atoms with Gasteiger partial charge in [-0.15, -0.1) is 0 Å². The van der Waals surface area contributed by atoms with E-state index in [4.69, 9.17) is 15.0 Å². The fraction of sp³-hybridized carbons (Fsp3) is 0.233. The van der Waals surface area contributed by atoms with Crippen LogP contribution in [0.25, 0.3) is 61.7 Å². The lowest BCUT2D eigenvalue weighted by Gasteiger charge is -2.61. The van der Waals surface area contributed by atoms with Crippen molar-refractivity contribution in [3.8, 4) is 39.9 Å². The average Bonchev–Trinajstić information content (AvgIpc) is 3.62. The standard InChI is InChI=1S/C43H34N4/c1-3-11-28(12-4-1)40-44-41(29-13-5-2-6-14-29)46-42(45-40)47-36-18-10-8-16-33(36)39-37(47)20-19-35-38(39)32-15-7-9-17-34(32)43(35)30-22-26-21-27(24-30)25-31(43)23-26/h1-20,26-27,30-31H,21-25H2. The molecule has 5 aliphatic rings. The Balaban J connectivity index is 1.22. The van der Waals surface area contributed by atoms with Gasteiger partial charge in [0.2, 0.25) is 5.95 Å². The molecule has 4 heteroatoms. The molecule has 5 aromatic carbocycles. The molecule has 4 fully saturated rings. The molecule has 0 saturated heterocycles. The quantitative estimate of drug-likeness (QED) is 0.201. The molecule has 0 atom stereocenters. The largest absolute Gasteiger partial charge is 0.278 e. The number of hydrogen-bond acceptors (Lipinski definition) is 3. The van der Waals surface area contributed by atoms with Crippen LogP contribution in [0.5, 0.6) is 0 Å². The predicted octanol–water partition coefficient (Wildman–Crippen LogP) is 10.0. The first kappa shape index (κ1) is 26.0. The molecule has 2 aromatic heterocycles. The molecule has 4 saturated carbocycles. The maximum Gasteiger partial charge on any atom is 0.238 e. The molecule has 0 aliphatic heterocycles. The Kier molecular flexibility index (Phi) is 5.25. The predicted molar refractivity (Wildman–Crippen MR) is 188 cm³/mol. The van der Waals surface area contributed by atoms with Crippen molar-refractivity contribution in [2.45, 2.75) is 37.5 Å². The zero-order chi connectivity index (χ0) is 30.7. The van der Waals surface area contributed by atoms with Crippen LogP contribution in [0.4, 0.5) is 0 Å². The van der Waals surface area contributed by atoms with E-state index in [-0.39, 0.29) is 5.41 Å². The molecule has 5 aliphatic carbocycles. The Bertz CT molecular complexity index is 2290. The van der Waals surface area contributed by atoms with E-state index in [2.05, 4.69) is 89.5 Å². The molecule has 0 radical (unpaired) electrons. The summed E-state index contributed by atoms with van der Waals surface area (Å²) in [7, 11) is 0. The van der Waals surface area contributed by atoms with Crippen molar-refractivity contribution in [1.82, 2.24) is 19.5 Å². The zero-order valence-corrected chi connectivity index (χ0v) is 26.2. The highest BCUT2D eigenvalue weighted by atomic mass is 15.2. The van der Waals surface area contributed by atoms with Crippen LogP contribution >= 0.6 is 0 Å². The summed E-state index contributed by atoms with van der Waals surface area (Å²) in [5, 5.41) is 2.59. The molecule has 0 unspecified atom stereocenters. The van der Waals surface area contributed by atoms with E-state index in [0.29, 0.717) is 17.6 Å². The highest BCUT2D eigenvalue weighted by molar-refractivity contribution is 6.17. The van der Waals surface area contributed by atoms with Gasteiger partial charge in [-0.25, -0.2) is 4.98 Å². The van der Waals surface area contributed by atoms with Crippen LogP contribution in [0.3, 0.4) is 0 Å². The number of fused-ring (bicyclic) bond motifs is 7. The van der Waals surface area contributed by atoms with Crippen molar-refractivity contribution in [3.05, 3.63) is 132 Å². The highest BCUT2D eigenvalue weighted by Gasteiger charge is 2.61. The lowest BCUT2D eigenvalue weighted by Crippen LogP contribution is -2.55. The van der Waals surface area contributed by atoms with Crippen molar-refractivity contribution < 1.29 is 0 Å². The van der Waals surface area contributed by atoms with Gasteiger partial charge in [-0.3, -0.25) is 4.57 Å². The zero-order valence-electron chi connectivity index (χ0n) is 26.2. The fourth-order valence-electron chi connectivity index (χ4n) is 10.8. The van der Waals surface area contributed by atoms with Gasteiger partial charge in [-0.2, -0.15) is 9.97 Å². The van der Waals surface area contributed by atoms with Gasteiger partial charge < -0.3 is 0 Å². The Morgan fingerprint density at radius 2 is 1.11 bits per heavy atom. The minimum absolute atomic E-state index is 0.130. The summed E-state index contributed by atoms with van der Waals surface area (Å²) in [4.78, 5) is 15.4. The maximum atomic E-state index is 5.19. The minimum Gasteiger partial charge on any atom is -0.278 e. The third-order valence-corrected chi connectivity index (χ3v) is 12.2. The van der Waals surface area contributed by atoms with E-state index in [9.17, 15) is 0 Å². The first-order chi connectivity index (χ1) is 23.3. The van der Waals surface area contributed by atoms with Crippen molar-refractivity contribution in [2.75, 3.05) is 0 Å². The van der Waals surface area contributed by atoms with E-state index in [1.165, 1.54) is 54.0 Å². The van der Waals surface area contributed by atoms with Crippen LogP contribution < -0.4 is 0 Å². The third-order valence-electron chi connectivity index (χ3n) is 12.2. The Morgan fingerprint density at radius 3 is 1.79 bits per heavy atom. The fourth-order valence-corrected chi connectivity index (χ4v) is 10.8. The van der Waals surface area contributed by atoms with Crippen molar-refractivity contribution in [2.24, 2.45) is 23.7 Å². The summed E-state index contributed by atoms with van der Waals surface area (Å²) in [6.07, 6.45) is 7.00. The molecular weight excluding hydrogens is 573 g/mol. The topological polar surface area (TPSA) is 43.6 Å². The molecule has 226 valence electrons. The Morgan fingerprint density at radius 1 is 0.511 bits per heavy atom. The molecule has 4 bridgehead atoms. The van der Waals surface area contributed by atoms with Gasteiger partial charge in [-0.1, -0.05) is 109 Å². The van der Waals surface area contributed by atoms with E-state index in [1.54, 1.807) is 11.1 Å². The molecule has 1 spiro atoms. The smallest absolute Gasteiger partial charge is 0.238 e. The van der Waals surface area contributed by atoms with Crippen LogP contribution in [0.15, 0.2) is 121 Å². The molecule has 12 rings (SSSR count). The summed E-state index contributed by atoms with van der Waals surface area (Å²) < 4.78 is 2.29. The first-order valence-electron chi connectivity index (χ1n) is 17.3. The summed E-state index contributed by atoms with van der Waals surface area (Å²) in [6.45, 7) is 0. The van der Waals surface area contributed by atoms with Gasteiger partial charge >= 0.3 is 0 Å². The second-order valence-corrected chi connectivity index (χ2v) is 14.5. The highest BCUT2D eigenvalue weighted by Crippen LogP contribution is 2.70. The number of benzene rings is 5. The second-order valence-electron chi connectivity index (χ2n) is 14.5. The molecular formula is C43H34N4. The molecule has 4 nitrogen and oxygen atoms in total.